The first kappa shape index (κ1) is 14.7. The van der Waals surface area contributed by atoms with E-state index < -0.39 is 4.92 Å². The van der Waals surface area contributed by atoms with Crippen molar-refractivity contribution >= 4 is 27.9 Å². The molecule has 0 aliphatic rings. The van der Waals surface area contributed by atoms with Crippen molar-refractivity contribution in [1.82, 2.24) is 0 Å². The molecule has 21 heavy (non-hydrogen) atoms. The van der Waals surface area contributed by atoms with Crippen LogP contribution in [0.5, 0.6) is 11.5 Å². The molecule has 6 nitrogen and oxygen atoms in total. The summed E-state index contributed by atoms with van der Waals surface area (Å²) in [6.45, 7) is 0. The predicted molar refractivity (Wildman–Crippen MR) is 77.4 cm³/mol. The van der Waals surface area contributed by atoms with Gasteiger partial charge >= 0.3 is 5.69 Å². The van der Waals surface area contributed by atoms with Crippen LogP contribution in [0.15, 0.2) is 40.9 Å². The number of carbonyl (C=O) groups is 1. The van der Waals surface area contributed by atoms with E-state index in [0.29, 0.717) is 10.8 Å². The first-order valence-corrected chi connectivity index (χ1v) is 6.45. The summed E-state index contributed by atoms with van der Waals surface area (Å²) in [5, 5.41) is 19.8. The second kappa shape index (κ2) is 6.15. The highest BCUT2D eigenvalue weighted by Gasteiger charge is 2.18. The number of rotatable bonds is 4. The van der Waals surface area contributed by atoms with E-state index in [9.17, 15) is 14.9 Å². The lowest BCUT2D eigenvalue weighted by atomic mass is 10.2. The van der Waals surface area contributed by atoms with Crippen LogP contribution < -0.4 is 4.74 Å². The number of nitro benzene ring substituents is 1. The van der Waals surface area contributed by atoms with Gasteiger partial charge in [-0.1, -0.05) is 15.9 Å². The number of nitro groups is 1. The Balaban J connectivity index is 2.49. The molecule has 0 fully saturated rings. The van der Waals surface area contributed by atoms with Gasteiger partial charge in [-0.15, -0.1) is 0 Å². The quantitative estimate of drug-likeness (QED) is 0.476. The topological polar surface area (TPSA) is 93.2 Å². The molecule has 0 unspecified atom stereocenters. The number of nitrogens with zero attached hydrogens (tertiary/aromatic N) is 2. The van der Waals surface area contributed by atoms with Gasteiger partial charge in [0, 0.05) is 10.5 Å². The summed E-state index contributed by atoms with van der Waals surface area (Å²) in [6.07, 6.45) is 0.594. The highest BCUT2D eigenvalue weighted by Crippen LogP contribution is 2.34. The minimum atomic E-state index is -0.644. The Kier molecular flexibility index (Phi) is 4.30. The zero-order valence-electron chi connectivity index (χ0n) is 10.4. The Morgan fingerprint density at radius 2 is 2.00 bits per heavy atom. The van der Waals surface area contributed by atoms with E-state index in [-0.39, 0.29) is 28.3 Å². The molecule has 7 heteroatoms. The van der Waals surface area contributed by atoms with Crippen molar-refractivity contribution in [2.75, 3.05) is 0 Å². The number of nitriles is 1. The third kappa shape index (κ3) is 3.24. The summed E-state index contributed by atoms with van der Waals surface area (Å²) in [4.78, 5) is 21.4. The molecule has 2 aromatic rings. The van der Waals surface area contributed by atoms with Crippen LogP contribution in [0.4, 0.5) is 5.69 Å². The lowest BCUT2D eigenvalue weighted by Crippen LogP contribution is -1.96. The molecule has 0 N–H and O–H groups in total. The maximum absolute atomic E-state index is 11.0. The normalized spacial score (nSPS) is 9.71. The van der Waals surface area contributed by atoms with E-state index in [1.165, 1.54) is 24.3 Å². The third-order valence-corrected chi connectivity index (χ3v) is 3.10. The van der Waals surface area contributed by atoms with Gasteiger partial charge in [0.25, 0.3) is 0 Å². The fourth-order valence-corrected chi connectivity index (χ4v) is 1.97. The first-order chi connectivity index (χ1) is 10.0. The number of aldehydes is 1. The second-order valence-corrected chi connectivity index (χ2v) is 4.87. The molecule has 0 aromatic heterocycles. The van der Waals surface area contributed by atoms with E-state index >= 15 is 0 Å². The molecule has 2 aromatic carbocycles. The number of benzene rings is 2. The molecule has 0 saturated carbocycles. The van der Waals surface area contributed by atoms with Gasteiger partial charge in [-0.3, -0.25) is 14.9 Å². The van der Waals surface area contributed by atoms with Gasteiger partial charge < -0.3 is 4.74 Å². The highest BCUT2D eigenvalue weighted by atomic mass is 79.9. The predicted octanol–water partition coefficient (Wildman–Crippen LogP) is 3.83. The summed E-state index contributed by atoms with van der Waals surface area (Å²) in [7, 11) is 0. The van der Waals surface area contributed by atoms with Crippen LogP contribution in [0.25, 0.3) is 0 Å². The van der Waals surface area contributed by atoms with Crippen molar-refractivity contribution in [2.24, 2.45) is 0 Å². The summed E-state index contributed by atoms with van der Waals surface area (Å²) >= 11 is 3.24. The standard InChI is InChI=1S/C14H7BrN2O4/c15-11-3-2-10(8-18)14(6-11)21-13-4-1-9(7-16)5-12(13)17(19)20/h1-6,8H. The van der Waals surface area contributed by atoms with Gasteiger partial charge in [-0.2, -0.15) is 5.26 Å². The molecule has 0 radical (unpaired) electrons. The Morgan fingerprint density at radius 1 is 1.24 bits per heavy atom. The molecule has 2 rings (SSSR count). The van der Waals surface area contributed by atoms with Gasteiger partial charge in [0.15, 0.2) is 6.29 Å². The average Bonchev–Trinajstić information content (AvgIpc) is 2.47. The number of halogens is 1. The van der Waals surface area contributed by atoms with Crippen LogP contribution in [0, 0.1) is 21.4 Å². The van der Waals surface area contributed by atoms with Crippen molar-refractivity contribution in [3.8, 4) is 17.6 Å². The fourth-order valence-electron chi connectivity index (χ4n) is 1.63. The van der Waals surface area contributed by atoms with E-state index in [0.717, 1.165) is 6.07 Å². The number of hydrogen-bond acceptors (Lipinski definition) is 5. The molecule has 0 heterocycles. The van der Waals surface area contributed by atoms with Crippen molar-refractivity contribution in [2.45, 2.75) is 0 Å². The molecule has 0 saturated heterocycles. The average molecular weight is 347 g/mol. The highest BCUT2D eigenvalue weighted by molar-refractivity contribution is 9.10. The summed E-state index contributed by atoms with van der Waals surface area (Å²) in [6, 6.07) is 10.4. The fraction of sp³-hybridized carbons (Fsp3) is 0. The molecule has 0 aliphatic carbocycles. The molecule has 0 amide bonds. The van der Waals surface area contributed by atoms with E-state index in [1.807, 2.05) is 6.07 Å². The van der Waals surface area contributed by atoms with Gasteiger partial charge in [0.1, 0.15) is 5.75 Å². The maximum Gasteiger partial charge on any atom is 0.312 e. The van der Waals surface area contributed by atoms with E-state index in [2.05, 4.69) is 15.9 Å². The van der Waals surface area contributed by atoms with Gasteiger partial charge in [0.05, 0.1) is 22.1 Å². The monoisotopic (exact) mass is 346 g/mol. The van der Waals surface area contributed by atoms with Gasteiger partial charge in [-0.25, -0.2) is 0 Å². The second-order valence-electron chi connectivity index (χ2n) is 3.95. The molecular weight excluding hydrogens is 340 g/mol. The number of hydrogen-bond donors (Lipinski definition) is 0. The molecule has 104 valence electrons. The lowest BCUT2D eigenvalue weighted by Gasteiger charge is -2.09. The zero-order valence-corrected chi connectivity index (χ0v) is 12.0. The molecular formula is C14H7BrN2O4. The van der Waals surface area contributed by atoms with Crippen LogP contribution >= 0.6 is 15.9 Å². The summed E-state index contributed by atoms with van der Waals surface area (Å²) < 4.78 is 6.13. The Labute approximate surface area is 127 Å². The van der Waals surface area contributed by atoms with Crippen molar-refractivity contribution in [1.29, 1.82) is 5.26 Å². The maximum atomic E-state index is 11.0. The minimum Gasteiger partial charge on any atom is -0.449 e. The van der Waals surface area contributed by atoms with Crippen LogP contribution in [0.1, 0.15) is 15.9 Å². The largest absolute Gasteiger partial charge is 0.449 e. The first-order valence-electron chi connectivity index (χ1n) is 5.66. The summed E-state index contributed by atoms with van der Waals surface area (Å²) in [5.74, 6) is 0.146. The van der Waals surface area contributed by atoms with Crippen molar-refractivity contribution < 1.29 is 14.5 Å². The Morgan fingerprint density at radius 3 is 2.62 bits per heavy atom. The third-order valence-electron chi connectivity index (χ3n) is 2.61. The van der Waals surface area contributed by atoms with Crippen LogP contribution in [-0.2, 0) is 0 Å². The van der Waals surface area contributed by atoms with E-state index in [1.54, 1.807) is 6.07 Å². The van der Waals surface area contributed by atoms with Crippen LogP contribution in [0.2, 0.25) is 0 Å². The summed E-state index contributed by atoms with van der Waals surface area (Å²) in [5.41, 5.74) is 0.0710. The van der Waals surface area contributed by atoms with Crippen molar-refractivity contribution in [3.05, 3.63) is 62.1 Å². The van der Waals surface area contributed by atoms with Gasteiger partial charge in [0.2, 0.25) is 5.75 Å². The number of carbonyl (C=O) groups excluding carboxylic acids is 1. The molecule has 0 aliphatic heterocycles. The molecule has 0 atom stereocenters. The lowest BCUT2D eigenvalue weighted by molar-refractivity contribution is -0.385. The number of ether oxygens (including phenoxy) is 1. The molecule has 0 spiro atoms. The Hall–Kier alpha value is -2.72. The van der Waals surface area contributed by atoms with Crippen LogP contribution in [-0.4, -0.2) is 11.2 Å². The van der Waals surface area contributed by atoms with Crippen LogP contribution in [0.3, 0.4) is 0 Å². The van der Waals surface area contributed by atoms with Gasteiger partial charge in [-0.05, 0) is 30.3 Å². The minimum absolute atomic E-state index is 0.0415. The van der Waals surface area contributed by atoms with E-state index in [4.69, 9.17) is 10.00 Å². The smallest absolute Gasteiger partial charge is 0.312 e. The Bertz CT molecular complexity index is 768. The van der Waals surface area contributed by atoms with Crippen molar-refractivity contribution in [3.63, 3.8) is 0 Å². The SMILES string of the molecule is N#Cc1ccc(Oc2cc(Br)ccc2C=O)c([N+](=O)[O-])c1. The molecule has 0 bridgehead atoms. The zero-order chi connectivity index (χ0) is 15.4.